The third-order valence-electron chi connectivity index (χ3n) is 5.38. The molecule has 0 spiro atoms. The predicted molar refractivity (Wildman–Crippen MR) is 93.1 cm³/mol. The Labute approximate surface area is 144 Å². The van der Waals surface area contributed by atoms with E-state index in [0.29, 0.717) is 19.2 Å². The first-order chi connectivity index (χ1) is 11.5. The van der Waals surface area contributed by atoms with Gasteiger partial charge in [0.15, 0.2) is 0 Å². The lowest BCUT2D eigenvalue weighted by Gasteiger charge is -2.36. The van der Waals surface area contributed by atoms with Gasteiger partial charge in [0, 0.05) is 39.1 Å². The number of hydrogen-bond donors (Lipinski definition) is 1. The van der Waals surface area contributed by atoms with Gasteiger partial charge in [0.25, 0.3) is 0 Å². The van der Waals surface area contributed by atoms with Crippen LogP contribution in [0.1, 0.15) is 31.7 Å². The molecule has 0 saturated carbocycles. The van der Waals surface area contributed by atoms with E-state index in [9.17, 15) is 9.90 Å². The number of amides is 1. The van der Waals surface area contributed by atoms with Crippen molar-refractivity contribution in [2.75, 3.05) is 32.8 Å². The van der Waals surface area contributed by atoms with E-state index < -0.39 is 5.60 Å². The SMILES string of the molecule is CC(=O)N1CCC(N2CC[C@](O)(COc3ccccc3C)C2)CC1. The number of ether oxygens (including phenoxy) is 1. The van der Waals surface area contributed by atoms with Crippen molar-refractivity contribution in [3.05, 3.63) is 29.8 Å². The molecule has 0 unspecified atom stereocenters. The highest BCUT2D eigenvalue weighted by molar-refractivity contribution is 5.73. The Kier molecular flexibility index (Phi) is 5.11. The van der Waals surface area contributed by atoms with Crippen LogP contribution in [0.15, 0.2) is 24.3 Å². The summed E-state index contributed by atoms with van der Waals surface area (Å²) in [6.07, 6.45) is 2.73. The quantitative estimate of drug-likeness (QED) is 0.914. The smallest absolute Gasteiger partial charge is 0.219 e. The minimum absolute atomic E-state index is 0.165. The second kappa shape index (κ2) is 7.11. The molecule has 2 fully saturated rings. The zero-order chi connectivity index (χ0) is 17.2. The number of carbonyl (C=O) groups is 1. The highest BCUT2D eigenvalue weighted by Crippen LogP contribution is 2.28. The highest BCUT2D eigenvalue weighted by Gasteiger charge is 2.40. The van der Waals surface area contributed by atoms with Crippen molar-refractivity contribution in [2.24, 2.45) is 0 Å². The first kappa shape index (κ1) is 17.2. The molecule has 0 aromatic heterocycles. The third-order valence-corrected chi connectivity index (χ3v) is 5.38. The Morgan fingerprint density at radius 1 is 1.29 bits per heavy atom. The number of aliphatic hydroxyl groups is 1. The minimum Gasteiger partial charge on any atom is -0.490 e. The van der Waals surface area contributed by atoms with Crippen LogP contribution in [-0.4, -0.2) is 65.2 Å². The Balaban J connectivity index is 1.51. The molecule has 0 aliphatic carbocycles. The molecule has 2 heterocycles. The zero-order valence-electron chi connectivity index (χ0n) is 14.7. The van der Waals surface area contributed by atoms with Gasteiger partial charge in [0.2, 0.25) is 5.91 Å². The van der Waals surface area contributed by atoms with E-state index in [1.54, 1.807) is 6.92 Å². The molecular formula is C19H28N2O3. The van der Waals surface area contributed by atoms with E-state index in [0.717, 1.165) is 50.2 Å². The summed E-state index contributed by atoms with van der Waals surface area (Å²) in [6, 6.07) is 8.37. The molecule has 2 aliphatic heterocycles. The van der Waals surface area contributed by atoms with Gasteiger partial charge in [-0.25, -0.2) is 0 Å². The van der Waals surface area contributed by atoms with Crippen LogP contribution in [0.3, 0.4) is 0 Å². The molecule has 0 bridgehead atoms. The molecule has 1 N–H and O–H groups in total. The molecular weight excluding hydrogens is 304 g/mol. The summed E-state index contributed by atoms with van der Waals surface area (Å²) in [5, 5.41) is 10.9. The topological polar surface area (TPSA) is 53.0 Å². The van der Waals surface area contributed by atoms with Crippen molar-refractivity contribution in [3.63, 3.8) is 0 Å². The van der Waals surface area contributed by atoms with Gasteiger partial charge in [0.05, 0.1) is 0 Å². The number of β-amino-alcohol motifs (C(OH)–C–C–N with tert-alkyl or cyclic N) is 1. The molecule has 24 heavy (non-hydrogen) atoms. The van der Waals surface area contributed by atoms with Crippen LogP contribution < -0.4 is 4.74 Å². The number of para-hydroxylation sites is 1. The number of piperidine rings is 1. The van der Waals surface area contributed by atoms with Crippen LogP contribution in [-0.2, 0) is 4.79 Å². The molecule has 0 radical (unpaired) electrons. The van der Waals surface area contributed by atoms with Gasteiger partial charge in [-0.1, -0.05) is 18.2 Å². The van der Waals surface area contributed by atoms with E-state index in [1.165, 1.54) is 0 Å². The molecule has 2 saturated heterocycles. The molecule has 132 valence electrons. The maximum Gasteiger partial charge on any atom is 0.219 e. The van der Waals surface area contributed by atoms with E-state index in [-0.39, 0.29) is 5.91 Å². The lowest BCUT2D eigenvalue weighted by atomic mass is 10.0. The Bertz CT molecular complexity index is 584. The van der Waals surface area contributed by atoms with Crippen molar-refractivity contribution < 1.29 is 14.6 Å². The number of nitrogens with zero attached hydrogens (tertiary/aromatic N) is 2. The average molecular weight is 332 g/mol. The fraction of sp³-hybridized carbons (Fsp3) is 0.632. The van der Waals surface area contributed by atoms with Crippen molar-refractivity contribution in [3.8, 4) is 5.75 Å². The van der Waals surface area contributed by atoms with Gasteiger partial charge in [-0.05, 0) is 37.8 Å². The first-order valence-electron chi connectivity index (χ1n) is 8.87. The van der Waals surface area contributed by atoms with Gasteiger partial charge >= 0.3 is 0 Å². The van der Waals surface area contributed by atoms with Gasteiger partial charge in [0.1, 0.15) is 18.0 Å². The average Bonchev–Trinajstić information content (AvgIpc) is 2.97. The summed E-state index contributed by atoms with van der Waals surface area (Å²) in [4.78, 5) is 15.7. The summed E-state index contributed by atoms with van der Waals surface area (Å²) >= 11 is 0. The second-order valence-electron chi connectivity index (χ2n) is 7.24. The Morgan fingerprint density at radius 2 is 2.00 bits per heavy atom. The first-order valence-corrected chi connectivity index (χ1v) is 8.87. The lowest BCUT2D eigenvalue weighted by molar-refractivity contribution is -0.130. The predicted octanol–water partition coefficient (Wildman–Crippen LogP) is 1.82. The van der Waals surface area contributed by atoms with Gasteiger partial charge in [-0.15, -0.1) is 0 Å². The summed E-state index contributed by atoms with van der Waals surface area (Å²) in [5.41, 5.74) is 0.313. The van der Waals surface area contributed by atoms with Crippen LogP contribution in [0.25, 0.3) is 0 Å². The molecule has 5 nitrogen and oxygen atoms in total. The number of benzene rings is 1. The molecule has 3 rings (SSSR count). The fourth-order valence-corrected chi connectivity index (χ4v) is 3.79. The van der Waals surface area contributed by atoms with Crippen molar-refractivity contribution >= 4 is 5.91 Å². The van der Waals surface area contributed by atoms with Crippen LogP contribution in [0.2, 0.25) is 0 Å². The number of carbonyl (C=O) groups excluding carboxylic acids is 1. The standard InChI is InChI=1S/C19H28N2O3/c1-15-5-3-4-6-18(15)24-14-19(23)9-12-21(13-19)17-7-10-20(11-8-17)16(2)22/h3-6,17,23H,7-14H2,1-2H3/t19-/m1/s1. The summed E-state index contributed by atoms with van der Waals surface area (Å²) in [5.74, 6) is 1.01. The number of likely N-dealkylation sites (tertiary alicyclic amines) is 2. The zero-order valence-corrected chi connectivity index (χ0v) is 14.7. The van der Waals surface area contributed by atoms with Crippen LogP contribution >= 0.6 is 0 Å². The summed E-state index contributed by atoms with van der Waals surface area (Å²) in [7, 11) is 0. The third kappa shape index (κ3) is 3.90. The second-order valence-corrected chi connectivity index (χ2v) is 7.24. The largest absolute Gasteiger partial charge is 0.490 e. The summed E-state index contributed by atoms with van der Waals surface area (Å²) in [6.45, 7) is 7.20. The number of rotatable bonds is 4. The van der Waals surface area contributed by atoms with E-state index >= 15 is 0 Å². The Hall–Kier alpha value is -1.59. The maximum atomic E-state index is 11.4. The summed E-state index contributed by atoms with van der Waals surface area (Å²) < 4.78 is 5.88. The molecule has 2 aliphatic rings. The van der Waals surface area contributed by atoms with E-state index in [4.69, 9.17) is 4.74 Å². The van der Waals surface area contributed by atoms with Crippen molar-refractivity contribution in [1.29, 1.82) is 0 Å². The van der Waals surface area contributed by atoms with Crippen molar-refractivity contribution in [1.82, 2.24) is 9.80 Å². The van der Waals surface area contributed by atoms with E-state index in [2.05, 4.69) is 4.90 Å². The number of hydrogen-bond acceptors (Lipinski definition) is 4. The van der Waals surface area contributed by atoms with Gasteiger partial charge in [-0.2, -0.15) is 0 Å². The maximum absolute atomic E-state index is 11.4. The van der Waals surface area contributed by atoms with Crippen LogP contribution in [0.4, 0.5) is 0 Å². The minimum atomic E-state index is -0.778. The monoisotopic (exact) mass is 332 g/mol. The molecule has 1 amide bonds. The van der Waals surface area contributed by atoms with Crippen LogP contribution in [0.5, 0.6) is 5.75 Å². The highest BCUT2D eigenvalue weighted by atomic mass is 16.5. The van der Waals surface area contributed by atoms with Crippen LogP contribution in [0, 0.1) is 6.92 Å². The normalized spacial score (nSPS) is 25.9. The molecule has 1 atom stereocenters. The van der Waals surface area contributed by atoms with Crippen molar-refractivity contribution in [2.45, 2.75) is 44.8 Å². The van der Waals surface area contributed by atoms with Gasteiger partial charge < -0.3 is 14.7 Å². The van der Waals surface area contributed by atoms with E-state index in [1.807, 2.05) is 36.1 Å². The molecule has 1 aromatic rings. The molecule has 1 aromatic carbocycles. The fourth-order valence-electron chi connectivity index (χ4n) is 3.79. The molecule has 5 heteroatoms. The lowest BCUT2D eigenvalue weighted by Crippen LogP contribution is -2.47. The van der Waals surface area contributed by atoms with Gasteiger partial charge in [-0.3, -0.25) is 9.69 Å². The number of aryl methyl sites for hydroxylation is 1. The Morgan fingerprint density at radius 3 is 2.67 bits per heavy atom.